The summed E-state index contributed by atoms with van der Waals surface area (Å²) in [6.45, 7) is 6.88. The van der Waals surface area contributed by atoms with Gasteiger partial charge in [-0.1, -0.05) is 42.7 Å². The van der Waals surface area contributed by atoms with Crippen LogP contribution in [0.3, 0.4) is 0 Å². The van der Waals surface area contributed by atoms with Crippen LogP contribution in [-0.2, 0) is 6.42 Å². The van der Waals surface area contributed by atoms with E-state index in [1.165, 1.54) is 11.1 Å². The van der Waals surface area contributed by atoms with E-state index in [1.807, 2.05) is 12.1 Å². The molecule has 0 aliphatic heterocycles. The van der Waals surface area contributed by atoms with E-state index >= 15 is 0 Å². The molecule has 28 heavy (non-hydrogen) atoms. The molecule has 1 amide bonds. The van der Waals surface area contributed by atoms with Crippen LogP contribution in [0.4, 0.5) is 6.01 Å². The Morgan fingerprint density at radius 1 is 1.11 bits per heavy atom. The van der Waals surface area contributed by atoms with Gasteiger partial charge in [0.1, 0.15) is 5.75 Å². The smallest absolute Gasteiger partial charge is 0.322 e. The fourth-order valence-electron chi connectivity index (χ4n) is 2.69. The monoisotopic (exact) mass is 379 g/mol. The molecule has 0 radical (unpaired) electrons. The predicted octanol–water partition coefficient (Wildman–Crippen LogP) is 4.71. The number of hydrogen-bond donors (Lipinski definition) is 1. The van der Waals surface area contributed by atoms with Crippen molar-refractivity contribution in [2.45, 2.75) is 40.0 Å². The van der Waals surface area contributed by atoms with Crippen molar-refractivity contribution in [3.8, 4) is 5.75 Å². The Morgan fingerprint density at radius 2 is 1.96 bits per heavy atom. The average Bonchev–Trinajstić information content (AvgIpc) is 3.12. The van der Waals surface area contributed by atoms with Crippen molar-refractivity contribution in [3.63, 3.8) is 0 Å². The van der Waals surface area contributed by atoms with Crippen molar-refractivity contribution in [1.29, 1.82) is 0 Å². The van der Waals surface area contributed by atoms with E-state index < -0.39 is 0 Å². The maximum Gasteiger partial charge on any atom is 0.322 e. The fourth-order valence-corrected chi connectivity index (χ4v) is 2.69. The molecule has 0 spiro atoms. The van der Waals surface area contributed by atoms with Crippen molar-refractivity contribution in [2.75, 3.05) is 11.9 Å². The Kier molecular flexibility index (Phi) is 6.42. The summed E-state index contributed by atoms with van der Waals surface area (Å²) in [5.41, 5.74) is 4.01. The lowest BCUT2D eigenvalue weighted by atomic mass is 10.0. The number of nitrogens with one attached hydrogen (secondary N) is 1. The highest BCUT2D eigenvalue weighted by Crippen LogP contribution is 2.17. The summed E-state index contributed by atoms with van der Waals surface area (Å²) in [7, 11) is 0. The zero-order valence-electron chi connectivity index (χ0n) is 16.5. The minimum Gasteiger partial charge on any atom is -0.494 e. The number of anilines is 1. The highest BCUT2D eigenvalue weighted by molar-refractivity contribution is 6.03. The number of benzene rings is 2. The molecule has 1 N–H and O–H groups in total. The van der Waals surface area contributed by atoms with Gasteiger partial charge in [0, 0.05) is 5.56 Å². The van der Waals surface area contributed by atoms with Crippen molar-refractivity contribution in [1.82, 2.24) is 10.2 Å². The summed E-state index contributed by atoms with van der Waals surface area (Å²) in [6, 6.07) is 13.3. The summed E-state index contributed by atoms with van der Waals surface area (Å²) in [5.74, 6) is 0.805. The first kappa shape index (κ1) is 19.6. The van der Waals surface area contributed by atoms with E-state index in [2.05, 4.69) is 48.4 Å². The molecule has 1 aromatic heterocycles. The number of ether oxygens (including phenoxy) is 1. The van der Waals surface area contributed by atoms with E-state index in [1.54, 1.807) is 18.2 Å². The molecule has 0 bridgehead atoms. The van der Waals surface area contributed by atoms with Crippen LogP contribution in [0.1, 0.15) is 52.7 Å². The zero-order valence-corrected chi connectivity index (χ0v) is 16.5. The van der Waals surface area contributed by atoms with Crippen LogP contribution < -0.4 is 10.1 Å². The van der Waals surface area contributed by atoms with Crippen molar-refractivity contribution in [2.24, 2.45) is 0 Å². The zero-order chi connectivity index (χ0) is 19.9. The number of amides is 1. The number of unbranched alkanes of at least 4 members (excludes halogenated alkanes) is 1. The minimum absolute atomic E-state index is 0.0844. The second kappa shape index (κ2) is 9.17. The van der Waals surface area contributed by atoms with Gasteiger partial charge in [-0.25, -0.2) is 0 Å². The van der Waals surface area contributed by atoms with Gasteiger partial charge >= 0.3 is 6.01 Å². The topological polar surface area (TPSA) is 77.2 Å². The van der Waals surface area contributed by atoms with Crippen LogP contribution in [0.2, 0.25) is 0 Å². The molecule has 3 rings (SSSR count). The predicted molar refractivity (Wildman–Crippen MR) is 108 cm³/mol. The molecular weight excluding hydrogens is 354 g/mol. The second-order valence-corrected chi connectivity index (χ2v) is 6.78. The molecular formula is C22H25N3O3. The van der Waals surface area contributed by atoms with Crippen LogP contribution in [0, 0.1) is 13.8 Å². The molecule has 0 aliphatic carbocycles. The summed E-state index contributed by atoms with van der Waals surface area (Å²) < 4.78 is 11.2. The maximum atomic E-state index is 12.5. The van der Waals surface area contributed by atoms with Crippen molar-refractivity contribution >= 4 is 11.9 Å². The summed E-state index contributed by atoms with van der Waals surface area (Å²) in [4.78, 5) is 12.5. The molecule has 0 saturated carbocycles. The Morgan fingerprint density at radius 3 is 2.75 bits per heavy atom. The van der Waals surface area contributed by atoms with Gasteiger partial charge in [0.2, 0.25) is 5.89 Å². The Bertz CT molecular complexity index is 950. The van der Waals surface area contributed by atoms with Crippen LogP contribution in [0.15, 0.2) is 46.9 Å². The number of hydrogen-bond acceptors (Lipinski definition) is 5. The first-order valence-corrected chi connectivity index (χ1v) is 9.48. The van der Waals surface area contributed by atoms with Gasteiger partial charge in [0.15, 0.2) is 0 Å². The van der Waals surface area contributed by atoms with Gasteiger partial charge in [-0.2, -0.15) is 0 Å². The van der Waals surface area contributed by atoms with Crippen molar-refractivity contribution in [3.05, 3.63) is 70.6 Å². The first-order valence-electron chi connectivity index (χ1n) is 9.48. The van der Waals surface area contributed by atoms with Gasteiger partial charge in [0.25, 0.3) is 5.91 Å². The van der Waals surface area contributed by atoms with E-state index in [9.17, 15) is 4.79 Å². The normalized spacial score (nSPS) is 10.7. The fraction of sp³-hybridized carbons (Fsp3) is 0.318. The van der Waals surface area contributed by atoms with Crippen LogP contribution in [0.5, 0.6) is 5.75 Å². The largest absolute Gasteiger partial charge is 0.494 e. The number of rotatable bonds is 8. The van der Waals surface area contributed by atoms with Gasteiger partial charge in [-0.3, -0.25) is 10.1 Å². The Hall–Kier alpha value is -3.15. The summed E-state index contributed by atoms with van der Waals surface area (Å²) in [6.07, 6.45) is 2.55. The van der Waals surface area contributed by atoms with E-state index in [-0.39, 0.29) is 11.9 Å². The molecule has 6 nitrogen and oxygen atoms in total. The molecule has 0 fully saturated rings. The molecule has 1 heterocycles. The van der Waals surface area contributed by atoms with E-state index in [0.717, 1.165) is 18.4 Å². The van der Waals surface area contributed by atoms with Gasteiger partial charge in [-0.05, 0) is 55.2 Å². The maximum absolute atomic E-state index is 12.5. The third-order valence-corrected chi connectivity index (χ3v) is 4.48. The summed E-state index contributed by atoms with van der Waals surface area (Å²) in [5, 5.41) is 10.6. The molecule has 0 aliphatic rings. The van der Waals surface area contributed by atoms with Gasteiger partial charge in [-0.15, -0.1) is 5.10 Å². The Labute approximate surface area is 164 Å². The SMILES string of the molecule is CCCCOc1cccc(C(=O)Nc2nnc(Cc3ccc(C)c(C)c3)o2)c1. The molecule has 146 valence electrons. The lowest BCUT2D eigenvalue weighted by Crippen LogP contribution is -2.12. The van der Waals surface area contributed by atoms with Crippen LogP contribution in [0.25, 0.3) is 0 Å². The van der Waals surface area contributed by atoms with Crippen LogP contribution in [-0.4, -0.2) is 22.7 Å². The van der Waals surface area contributed by atoms with Gasteiger partial charge < -0.3 is 9.15 Å². The second-order valence-electron chi connectivity index (χ2n) is 6.78. The molecule has 3 aromatic rings. The Balaban J connectivity index is 1.62. The van der Waals surface area contributed by atoms with Gasteiger partial charge in [0.05, 0.1) is 13.0 Å². The lowest BCUT2D eigenvalue weighted by molar-refractivity contribution is 0.102. The first-order chi connectivity index (χ1) is 13.5. The minimum atomic E-state index is -0.317. The molecule has 0 saturated heterocycles. The van der Waals surface area contributed by atoms with Crippen LogP contribution >= 0.6 is 0 Å². The highest BCUT2D eigenvalue weighted by Gasteiger charge is 2.13. The standard InChI is InChI=1S/C22H25N3O3/c1-4-5-11-27-19-8-6-7-18(14-19)21(26)23-22-25-24-20(28-22)13-17-10-9-15(2)16(3)12-17/h6-10,12,14H,4-5,11,13H2,1-3H3,(H,23,25,26). The molecule has 0 unspecified atom stereocenters. The summed E-state index contributed by atoms with van der Waals surface area (Å²) >= 11 is 0. The molecule has 2 aromatic carbocycles. The third kappa shape index (κ3) is 5.19. The number of aryl methyl sites for hydroxylation is 2. The van der Waals surface area contributed by atoms with E-state index in [4.69, 9.17) is 9.15 Å². The van der Waals surface area contributed by atoms with Crippen molar-refractivity contribution < 1.29 is 13.9 Å². The number of carbonyl (C=O) groups excluding carboxylic acids is 1. The number of carbonyl (C=O) groups is 1. The quantitative estimate of drug-likeness (QED) is 0.574. The average molecular weight is 379 g/mol. The van der Waals surface area contributed by atoms with E-state index in [0.29, 0.717) is 30.2 Å². The lowest BCUT2D eigenvalue weighted by Gasteiger charge is -2.07. The molecule has 6 heteroatoms. The molecule has 0 atom stereocenters. The number of aromatic nitrogens is 2. The third-order valence-electron chi connectivity index (χ3n) is 4.48. The highest BCUT2D eigenvalue weighted by atomic mass is 16.5. The number of nitrogens with zero attached hydrogens (tertiary/aromatic N) is 2.